The molecular formula is C14H28N2OS. The van der Waals surface area contributed by atoms with Crippen LogP contribution in [0.3, 0.4) is 0 Å². The lowest BCUT2D eigenvalue weighted by molar-refractivity contribution is 0.104. The molecule has 3 nitrogen and oxygen atoms in total. The number of nitrogens with one attached hydrogen (secondary N) is 1. The maximum Gasteiger partial charge on any atom is 0.0700 e. The van der Waals surface area contributed by atoms with Crippen molar-refractivity contribution >= 4 is 11.8 Å². The van der Waals surface area contributed by atoms with Gasteiger partial charge in [-0.15, -0.1) is 0 Å². The van der Waals surface area contributed by atoms with E-state index < -0.39 is 0 Å². The Morgan fingerprint density at radius 1 is 1.44 bits per heavy atom. The number of nitrogens with zero attached hydrogens (tertiary/aromatic N) is 1. The number of thioether (sulfide) groups is 1. The largest absolute Gasteiger partial charge is 0.377 e. The van der Waals surface area contributed by atoms with Crippen molar-refractivity contribution in [2.75, 3.05) is 32.0 Å². The van der Waals surface area contributed by atoms with Gasteiger partial charge in [-0.1, -0.05) is 6.92 Å². The highest BCUT2D eigenvalue weighted by atomic mass is 32.2. The fraction of sp³-hybridized carbons (Fsp3) is 1.00. The molecule has 0 saturated carbocycles. The second-order valence-corrected chi connectivity index (χ2v) is 7.18. The first-order valence-electron chi connectivity index (χ1n) is 7.38. The maximum absolute atomic E-state index is 5.64. The molecule has 2 aliphatic heterocycles. The standard InChI is InChI=1S/C14H28N2OS/c1-11(9-15-10-14-5-4-7-17-14)16-6-8-18-13(3)12(16)2/h11-15H,4-10H2,1-3H3. The van der Waals surface area contributed by atoms with Gasteiger partial charge in [-0.3, -0.25) is 4.90 Å². The van der Waals surface area contributed by atoms with Crippen molar-refractivity contribution in [2.24, 2.45) is 0 Å². The third-order valence-electron chi connectivity index (χ3n) is 4.33. The summed E-state index contributed by atoms with van der Waals surface area (Å²) >= 11 is 2.11. The smallest absolute Gasteiger partial charge is 0.0700 e. The van der Waals surface area contributed by atoms with Crippen LogP contribution in [-0.2, 0) is 4.74 Å². The highest BCUT2D eigenvalue weighted by molar-refractivity contribution is 8.00. The van der Waals surface area contributed by atoms with Crippen LogP contribution in [0, 0.1) is 0 Å². The molecule has 18 heavy (non-hydrogen) atoms. The predicted octanol–water partition coefficient (Wildman–Crippen LogP) is 1.97. The van der Waals surface area contributed by atoms with Crippen LogP contribution >= 0.6 is 11.8 Å². The second-order valence-electron chi connectivity index (χ2n) is 5.70. The normalized spacial score (nSPS) is 35.8. The van der Waals surface area contributed by atoms with E-state index in [2.05, 4.69) is 42.7 Å². The fourth-order valence-corrected chi connectivity index (χ4v) is 4.08. The Morgan fingerprint density at radius 2 is 2.28 bits per heavy atom. The molecule has 2 saturated heterocycles. The molecule has 0 aromatic carbocycles. The van der Waals surface area contributed by atoms with Crippen molar-refractivity contribution in [3.8, 4) is 0 Å². The van der Waals surface area contributed by atoms with Crippen molar-refractivity contribution in [1.29, 1.82) is 0 Å². The Bertz CT molecular complexity index is 246. The summed E-state index contributed by atoms with van der Waals surface area (Å²) in [6.45, 7) is 11.4. The topological polar surface area (TPSA) is 24.5 Å². The van der Waals surface area contributed by atoms with Gasteiger partial charge in [0.2, 0.25) is 0 Å². The van der Waals surface area contributed by atoms with E-state index in [9.17, 15) is 0 Å². The molecule has 0 amide bonds. The van der Waals surface area contributed by atoms with E-state index in [1.807, 2.05) is 0 Å². The lowest BCUT2D eigenvalue weighted by Gasteiger charge is -2.41. The van der Waals surface area contributed by atoms with E-state index in [-0.39, 0.29) is 0 Å². The minimum Gasteiger partial charge on any atom is -0.377 e. The second kappa shape index (κ2) is 7.13. The molecule has 0 aromatic rings. The van der Waals surface area contributed by atoms with Crippen LogP contribution in [0.2, 0.25) is 0 Å². The van der Waals surface area contributed by atoms with Gasteiger partial charge in [0.15, 0.2) is 0 Å². The summed E-state index contributed by atoms with van der Waals surface area (Å²) in [5.74, 6) is 1.28. The highest BCUT2D eigenvalue weighted by Crippen LogP contribution is 2.25. The van der Waals surface area contributed by atoms with Gasteiger partial charge in [0.05, 0.1) is 6.10 Å². The molecule has 4 unspecified atom stereocenters. The Labute approximate surface area is 116 Å². The first-order chi connectivity index (χ1) is 8.68. The van der Waals surface area contributed by atoms with E-state index in [0.717, 1.165) is 24.9 Å². The third-order valence-corrected chi connectivity index (χ3v) is 5.67. The monoisotopic (exact) mass is 272 g/mol. The van der Waals surface area contributed by atoms with Crippen LogP contribution < -0.4 is 5.32 Å². The van der Waals surface area contributed by atoms with Gasteiger partial charge in [0.1, 0.15) is 0 Å². The fourth-order valence-electron chi connectivity index (χ4n) is 2.95. The molecule has 1 N–H and O–H groups in total. The molecule has 2 rings (SSSR count). The molecule has 0 aliphatic carbocycles. The molecule has 0 spiro atoms. The number of ether oxygens (including phenoxy) is 1. The van der Waals surface area contributed by atoms with Crippen molar-refractivity contribution in [2.45, 2.75) is 57.1 Å². The Hall–Kier alpha value is 0.230. The summed E-state index contributed by atoms with van der Waals surface area (Å²) in [4.78, 5) is 2.66. The molecular weight excluding hydrogens is 244 g/mol. The molecule has 106 valence electrons. The molecule has 0 radical (unpaired) electrons. The van der Waals surface area contributed by atoms with Crippen LogP contribution in [0.25, 0.3) is 0 Å². The number of rotatable bonds is 5. The van der Waals surface area contributed by atoms with Crippen molar-refractivity contribution in [3.05, 3.63) is 0 Å². The van der Waals surface area contributed by atoms with E-state index in [0.29, 0.717) is 18.2 Å². The zero-order valence-electron chi connectivity index (χ0n) is 12.0. The van der Waals surface area contributed by atoms with Gasteiger partial charge in [-0.25, -0.2) is 0 Å². The molecule has 2 aliphatic rings. The van der Waals surface area contributed by atoms with Gasteiger partial charge < -0.3 is 10.1 Å². The van der Waals surface area contributed by atoms with Crippen molar-refractivity contribution in [1.82, 2.24) is 10.2 Å². The van der Waals surface area contributed by atoms with Gasteiger partial charge in [0.25, 0.3) is 0 Å². The van der Waals surface area contributed by atoms with E-state index >= 15 is 0 Å². The highest BCUT2D eigenvalue weighted by Gasteiger charge is 2.28. The Balaban J connectivity index is 1.68. The van der Waals surface area contributed by atoms with Crippen LogP contribution in [0.5, 0.6) is 0 Å². The zero-order chi connectivity index (χ0) is 13.0. The van der Waals surface area contributed by atoms with E-state index in [1.54, 1.807) is 0 Å². The summed E-state index contributed by atoms with van der Waals surface area (Å²) in [6.07, 6.45) is 2.93. The average Bonchev–Trinajstić information content (AvgIpc) is 2.85. The zero-order valence-corrected chi connectivity index (χ0v) is 12.8. The predicted molar refractivity (Wildman–Crippen MR) is 79.4 cm³/mol. The molecule has 0 aromatic heterocycles. The quantitative estimate of drug-likeness (QED) is 0.827. The van der Waals surface area contributed by atoms with Crippen LogP contribution in [0.15, 0.2) is 0 Å². The molecule has 0 bridgehead atoms. The van der Waals surface area contributed by atoms with E-state index in [1.165, 1.54) is 25.1 Å². The van der Waals surface area contributed by atoms with E-state index in [4.69, 9.17) is 4.74 Å². The summed E-state index contributed by atoms with van der Waals surface area (Å²) < 4.78 is 5.64. The summed E-state index contributed by atoms with van der Waals surface area (Å²) in [5.41, 5.74) is 0. The maximum atomic E-state index is 5.64. The van der Waals surface area contributed by atoms with Crippen LogP contribution in [-0.4, -0.2) is 60.3 Å². The Morgan fingerprint density at radius 3 is 3.00 bits per heavy atom. The summed E-state index contributed by atoms with van der Waals surface area (Å²) in [5, 5.41) is 4.35. The lowest BCUT2D eigenvalue weighted by atomic mass is 10.1. The number of hydrogen-bond donors (Lipinski definition) is 1. The molecule has 4 atom stereocenters. The van der Waals surface area contributed by atoms with Crippen LogP contribution in [0.1, 0.15) is 33.6 Å². The van der Waals surface area contributed by atoms with Crippen LogP contribution in [0.4, 0.5) is 0 Å². The summed E-state index contributed by atoms with van der Waals surface area (Å²) in [6, 6.07) is 1.33. The third kappa shape index (κ3) is 3.86. The van der Waals surface area contributed by atoms with Crippen molar-refractivity contribution in [3.63, 3.8) is 0 Å². The number of hydrogen-bond acceptors (Lipinski definition) is 4. The van der Waals surface area contributed by atoms with Gasteiger partial charge in [0, 0.05) is 49.3 Å². The Kier molecular flexibility index (Phi) is 5.80. The minimum absolute atomic E-state index is 0.463. The van der Waals surface area contributed by atoms with Gasteiger partial charge >= 0.3 is 0 Å². The summed E-state index contributed by atoms with van der Waals surface area (Å²) in [7, 11) is 0. The first-order valence-corrected chi connectivity index (χ1v) is 8.43. The first kappa shape index (κ1) is 14.6. The van der Waals surface area contributed by atoms with Crippen molar-refractivity contribution < 1.29 is 4.74 Å². The SMILES string of the molecule is CC1SCCN(C(C)CNCC2CCCO2)C1C. The van der Waals surface area contributed by atoms with Gasteiger partial charge in [-0.05, 0) is 26.7 Å². The molecule has 4 heteroatoms. The molecule has 2 fully saturated rings. The lowest BCUT2D eigenvalue weighted by Crippen LogP contribution is -2.52. The molecule has 2 heterocycles. The average molecular weight is 272 g/mol. The van der Waals surface area contributed by atoms with Gasteiger partial charge in [-0.2, -0.15) is 11.8 Å². The minimum atomic E-state index is 0.463.